The number of rotatable bonds is 13. The third kappa shape index (κ3) is 9.07. The van der Waals surface area contributed by atoms with Crippen LogP contribution in [-0.2, 0) is 32.0 Å². The van der Waals surface area contributed by atoms with Crippen LogP contribution in [-0.4, -0.2) is 63.2 Å². The van der Waals surface area contributed by atoms with E-state index in [0.29, 0.717) is 17.5 Å². The van der Waals surface area contributed by atoms with Crippen molar-refractivity contribution in [3.8, 4) is 11.5 Å². The molecule has 8 N–H and O–H groups in total. The summed E-state index contributed by atoms with van der Waals surface area (Å²) in [6.45, 7) is 5.12. The summed E-state index contributed by atoms with van der Waals surface area (Å²) in [6.07, 6.45) is 0.499. The highest BCUT2D eigenvalue weighted by Crippen LogP contribution is 2.15. The van der Waals surface area contributed by atoms with E-state index in [2.05, 4.69) is 16.0 Å². The highest BCUT2D eigenvalue weighted by atomic mass is 16.4. The van der Waals surface area contributed by atoms with Crippen LogP contribution in [0.1, 0.15) is 38.3 Å². The molecule has 5 unspecified atom stereocenters. The van der Waals surface area contributed by atoms with Crippen molar-refractivity contribution >= 4 is 23.7 Å². The predicted octanol–water partition coefficient (Wildman–Crippen LogP) is 0.815. The van der Waals surface area contributed by atoms with Crippen LogP contribution in [0.25, 0.3) is 0 Å². The Labute approximate surface area is 221 Å². The van der Waals surface area contributed by atoms with Crippen LogP contribution in [0, 0.1) is 5.92 Å². The predicted molar refractivity (Wildman–Crippen MR) is 140 cm³/mol. The van der Waals surface area contributed by atoms with E-state index in [-0.39, 0.29) is 30.3 Å². The van der Waals surface area contributed by atoms with E-state index in [1.54, 1.807) is 31.2 Å². The van der Waals surface area contributed by atoms with Gasteiger partial charge >= 0.3 is 5.97 Å². The zero-order valence-corrected chi connectivity index (χ0v) is 21.7. The number of carbonyl (C=O) groups excluding carboxylic acids is 3. The van der Waals surface area contributed by atoms with E-state index in [4.69, 9.17) is 5.73 Å². The monoisotopic (exact) mass is 528 g/mol. The summed E-state index contributed by atoms with van der Waals surface area (Å²) in [4.78, 5) is 50.8. The lowest BCUT2D eigenvalue weighted by Gasteiger charge is -2.27. The molecule has 5 atom stereocenters. The van der Waals surface area contributed by atoms with Crippen molar-refractivity contribution in [2.75, 3.05) is 0 Å². The number of hydrogen-bond donors (Lipinski definition) is 7. The Morgan fingerprint density at radius 2 is 1.18 bits per heavy atom. The fourth-order valence-electron chi connectivity index (χ4n) is 3.67. The average Bonchev–Trinajstić information content (AvgIpc) is 2.87. The number of carboxylic acid groups (broad SMARTS) is 1. The second kappa shape index (κ2) is 14.0. The molecule has 0 heterocycles. The van der Waals surface area contributed by atoms with Gasteiger partial charge in [0.25, 0.3) is 0 Å². The van der Waals surface area contributed by atoms with Crippen LogP contribution >= 0.6 is 0 Å². The van der Waals surface area contributed by atoms with Gasteiger partial charge in [-0.25, -0.2) is 4.79 Å². The minimum Gasteiger partial charge on any atom is -0.508 e. The first-order valence-corrected chi connectivity index (χ1v) is 12.4. The van der Waals surface area contributed by atoms with E-state index < -0.39 is 47.9 Å². The van der Waals surface area contributed by atoms with Gasteiger partial charge in [-0.2, -0.15) is 0 Å². The Balaban J connectivity index is 2.29. The second-order valence-corrected chi connectivity index (χ2v) is 9.36. The summed E-state index contributed by atoms with van der Waals surface area (Å²) in [6, 6.07) is 7.63. The van der Waals surface area contributed by atoms with Gasteiger partial charge in [0, 0.05) is 12.8 Å². The molecular weight excluding hydrogens is 492 g/mol. The summed E-state index contributed by atoms with van der Waals surface area (Å²) in [5.41, 5.74) is 6.83. The molecule has 0 aliphatic heterocycles. The largest absolute Gasteiger partial charge is 0.508 e. The normalized spacial score (nSPS) is 14.8. The smallest absolute Gasteiger partial charge is 0.326 e. The Morgan fingerprint density at radius 1 is 0.737 bits per heavy atom. The number of aliphatic carboxylic acids is 1. The van der Waals surface area contributed by atoms with E-state index in [1.165, 1.54) is 31.2 Å². The minimum absolute atomic E-state index is 0.00212. The molecule has 2 rings (SSSR count). The van der Waals surface area contributed by atoms with Gasteiger partial charge in [0.1, 0.15) is 29.6 Å². The summed E-state index contributed by atoms with van der Waals surface area (Å²) >= 11 is 0. The molecule has 0 aliphatic rings. The first-order chi connectivity index (χ1) is 17.9. The molecule has 2 aromatic carbocycles. The Hall–Kier alpha value is -4.12. The molecule has 0 radical (unpaired) electrons. The molecule has 2 aromatic rings. The number of carbonyl (C=O) groups is 4. The summed E-state index contributed by atoms with van der Waals surface area (Å²) < 4.78 is 0. The van der Waals surface area contributed by atoms with E-state index >= 15 is 0 Å². The number of aromatic hydroxyl groups is 2. The molecule has 0 saturated carbocycles. The molecular formula is C27H36N4O7. The summed E-state index contributed by atoms with van der Waals surface area (Å²) in [5, 5.41) is 36.6. The third-order valence-corrected chi connectivity index (χ3v) is 6.21. The quantitative estimate of drug-likeness (QED) is 0.199. The van der Waals surface area contributed by atoms with Crippen molar-refractivity contribution in [1.29, 1.82) is 0 Å². The first kappa shape index (κ1) is 30.1. The van der Waals surface area contributed by atoms with Gasteiger partial charge in [-0.3, -0.25) is 14.4 Å². The number of nitrogens with one attached hydrogen (secondary N) is 3. The van der Waals surface area contributed by atoms with Crippen LogP contribution in [0.2, 0.25) is 0 Å². The minimum atomic E-state index is -1.31. The van der Waals surface area contributed by atoms with Gasteiger partial charge in [-0.15, -0.1) is 0 Å². The zero-order chi connectivity index (χ0) is 28.4. The maximum Gasteiger partial charge on any atom is 0.326 e. The lowest BCUT2D eigenvalue weighted by atomic mass is 9.96. The molecule has 11 nitrogen and oxygen atoms in total. The van der Waals surface area contributed by atoms with E-state index in [0.717, 1.165) is 0 Å². The number of phenols is 2. The molecule has 0 spiro atoms. The van der Waals surface area contributed by atoms with Gasteiger partial charge in [0.05, 0.1) is 6.04 Å². The maximum absolute atomic E-state index is 13.3. The zero-order valence-electron chi connectivity index (χ0n) is 21.7. The summed E-state index contributed by atoms with van der Waals surface area (Å²) in [7, 11) is 0. The van der Waals surface area contributed by atoms with Crippen molar-refractivity contribution in [3.05, 3.63) is 59.7 Å². The molecule has 0 aromatic heterocycles. The highest BCUT2D eigenvalue weighted by Gasteiger charge is 2.32. The fraction of sp³-hybridized carbons (Fsp3) is 0.407. The number of hydrogen-bond acceptors (Lipinski definition) is 7. The molecule has 0 saturated heterocycles. The van der Waals surface area contributed by atoms with Crippen LogP contribution in [0.3, 0.4) is 0 Å². The van der Waals surface area contributed by atoms with Crippen molar-refractivity contribution in [2.24, 2.45) is 11.7 Å². The first-order valence-electron chi connectivity index (χ1n) is 12.4. The fourth-order valence-corrected chi connectivity index (χ4v) is 3.67. The van der Waals surface area contributed by atoms with Crippen molar-refractivity contribution < 1.29 is 34.5 Å². The molecule has 11 heteroatoms. The van der Waals surface area contributed by atoms with Crippen molar-refractivity contribution in [2.45, 2.75) is 64.2 Å². The number of phenolic OH excluding ortho intramolecular Hbond substituents is 2. The van der Waals surface area contributed by atoms with E-state index in [1.807, 2.05) is 6.92 Å². The SMILES string of the molecule is CCC(C)C(NC(=O)C(C)N)C(=O)NC(Cc1ccc(O)cc1)C(=O)NC(Cc1ccc(O)cc1)C(=O)O. The Kier molecular flexibility index (Phi) is 11.1. The average molecular weight is 529 g/mol. The lowest BCUT2D eigenvalue weighted by molar-refractivity contribution is -0.142. The Bertz CT molecular complexity index is 1100. The third-order valence-electron chi connectivity index (χ3n) is 6.21. The lowest BCUT2D eigenvalue weighted by Crippen LogP contribution is -2.59. The van der Waals surface area contributed by atoms with Gasteiger partial charge in [-0.05, 0) is 48.2 Å². The second-order valence-electron chi connectivity index (χ2n) is 9.36. The molecule has 0 bridgehead atoms. The molecule has 38 heavy (non-hydrogen) atoms. The van der Waals surface area contributed by atoms with Crippen LogP contribution in [0.5, 0.6) is 11.5 Å². The van der Waals surface area contributed by atoms with Crippen LogP contribution in [0.4, 0.5) is 0 Å². The molecule has 3 amide bonds. The van der Waals surface area contributed by atoms with Crippen LogP contribution in [0.15, 0.2) is 48.5 Å². The topological polar surface area (TPSA) is 191 Å². The summed E-state index contributed by atoms with van der Waals surface area (Å²) in [5.74, 6) is -3.39. The van der Waals surface area contributed by atoms with E-state index in [9.17, 15) is 34.5 Å². The van der Waals surface area contributed by atoms with Crippen molar-refractivity contribution in [3.63, 3.8) is 0 Å². The van der Waals surface area contributed by atoms with Gasteiger partial charge < -0.3 is 37.0 Å². The standard InChI is InChI=1S/C27H36N4O7/c1-4-15(2)23(31-24(34)16(3)28)26(36)29-21(13-17-5-9-19(32)10-6-17)25(35)30-22(27(37)38)14-18-7-11-20(33)12-8-18/h5-12,15-16,21-23,32-33H,4,13-14,28H2,1-3H3,(H,29,36)(H,30,35)(H,31,34)(H,37,38). The van der Waals surface area contributed by atoms with Gasteiger partial charge in [0.2, 0.25) is 17.7 Å². The van der Waals surface area contributed by atoms with Crippen molar-refractivity contribution in [1.82, 2.24) is 16.0 Å². The number of amides is 3. The molecule has 0 aliphatic carbocycles. The maximum atomic E-state index is 13.3. The number of benzene rings is 2. The Morgan fingerprint density at radius 3 is 1.61 bits per heavy atom. The van der Waals surface area contributed by atoms with Gasteiger partial charge in [-0.1, -0.05) is 44.5 Å². The highest BCUT2D eigenvalue weighted by molar-refractivity contribution is 5.94. The van der Waals surface area contributed by atoms with Gasteiger partial charge in [0.15, 0.2) is 0 Å². The van der Waals surface area contributed by atoms with Crippen LogP contribution < -0.4 is 21.7 Å². The molecule has 206 valence electrons. The number of nitrogens with two attached hydrogens (primary N) is 1. The molecule has 0 fully saturated rings. The number of carboxylic acids is 1.